The topological polar surface area (TPSA) is 81.3 Å². The van der Waals surface area contributed by atoms with Crippen LogP contribution in [0.3, 0.4) is 0 Å². The van der Waals surface area contributed by atoms with Gasteiger partial charge in [-0.15, -0.1) is 11.8 Å². The van der Waals surface area contributed by atoms with Crippen LogP contribution in [0.5, 0.6) is 0 Å². The average molecular weight is 415 g/mol. The van der Waals surface area contributed by atoms with Crippen LogP contribution < -0.4 is 10.6 Å². The molecule has 4 aromatic rings. The summed E-state index contributed by atoms with van der Waals surface area (Å²) in [6, 6.07) is 11.0. The average Bonchev–Trinajstić information content (AvgIpc) is 3.29. The van der Waals surface area contributed by atoms with Crippen molar-refractivity contribution in [2.45, 2.75) is 16.6 Å². The van der Waals surface area contributed by atoms with Gasteiger partial charge in [-0.3, -0.25) is 0 Å². The van der Waals surface area contributed by atoms with Gasteiger partial charge in [0.05, 0.1) is 5.39 Å². The first-order valence-electron chi connectivity index (χ1n) is 8.82. The van der Waals surface area contributed by atoms with Gasteiger partial charge in [0.25, 0.3) is 6.01 Å². The fourth-order valence-electron chi connectivity index (χ4n) is 3.23. The number of rotatable bonds is 6. The summed E-state index contributed by atoms with van der Waals surface area (Å²) in [5.41, 5.74) is 10.7. The molecule has 28 heavy (non-hydrogen) atoms. The molecule has 6 nitrogen and oxygen atoms in total. The maximum Gasteiger partial charge on any atom is 0.297 e. The molecule has 1 atom stereocenters. The van der Waals surface area contributed by atoms with Gasteiger partial charge in [-0.1, -0.05) is 11.2 Å². The van der Waals surface area contributed by atoms with Crippen molar-refractivity contribution in [3.63, 3.8) is 0 Å². The Morgan fingerprint density at radius 3 is 2.68 bits per heavy atom. The van der Waals surface area contributed by atoms with Gasteiger partial charge in [0, 0.05) is 24.2 Å². The predicted octanol–water partition coefficient (Wildman–Crippen LogP) is 4.99. The van der Waals surface area contributed by atoms with E-state index in [1.54, 1.807) is 23.5 Å². The molecule has 0 radical (unpaired) electrons. The van der Waals surface area contributed by atoms with Gasteiger partial charge in [-0.05, 0) is 54.3 Å². The molecule has 0 aliphatic heterocycles. The first-order valence-corrected chi connectivity index (χ1v) is 11.3. The van der Waals surface area contributed by atoms with Crippen LogP contribution in [0.1, 0.15) is 16.4 Å². The molecule has 0 aliphatic carbocycles. The Morgan fingerprint density at radius 2 is 1.96 bits per heavy atom. The summed E-state index contributed by atoms with van der Waals surface area (Å²) in [5, 5.41) is 4.95. The lowest BCUT2D eigenvalue weighted by Crippen LogP contribution is -2.08. The number of fused-ring (bicyclic) bond motifs is 2. The van der Waals surface area contributed by atoms with Crippen molar-refractivity contribution in [3.8, 4) is 0 Å². The second kappa shape index (κ2) is 7.60. The fourth-order valence-corrected chi connectivity index (χ4v) is 4.48. The molecular formula is C20H22N4O2S2. The predicted molar refractivity (Wildman–Crippen MR) is 118 cm³/mol. The first-order chi connectivity index (χ1) is 13.5. The second-order valence-electron chi connectivity index (χ2n) is 6.78. The summed E-state index contributed by atoms with van der Waals surface area (Å²) in [5.74, 6) is 0.426. The smallest absolute Gasteiger partial charge is 0.297 e. The number of nitrogen functional groups attached to an aromatic ring is 1. The summed E-state index contributed by atoms with van der Waals surface area (Å²) in [6.45, 7) is 0. The molecule has 2 aromatic heterocycles. The highest BCUT2D eigenvalue weighted by molar-refractivity contribution is 7.99. The zero-order valence-electron chi connectivity index (χ0n) is 16.2. The lowest BCUT2D eigenvalue weighted by molar-refractivity contribution is 0.460. The maximum absolute atomic E-state index is 5.95. The van der Waals surface area contributed by atoms with Crippen molar-refractivity contribution in [3.05, 3.63) is 41.5 Å². The number of anilines is 2. The van der Waals surface area contributed by atoms with Crippen molar-refractivity contribution in [2.24, 2.45) is 0 Å². The van der Waals surface area contributed by atoms with E-state index in [9.17, 15) is 0 Å². The van der Waals surface area contributed by atoms with Crippen molar-refractivity contribution in [2.75, 3.05) is 37.2 Å². The summed E-state index contributed by atoms with van der Waals surface area (Å²) < 4.78 is 11.3. The minimum absolute atomic E-state index is 0.246. The Hall–Kier alpha value is -2.32. The number of benzene rings is 2. The standard InChI is InChI=1S/C20H22N4O2S2/c1-24(2)20-22-18-12(7-13(27-3)10-16(18)25-20)9-17(28-4)11-5-6-14-15(8-11)26-23-19(14)21/h5-8,10,17H,9H2,1-4H3,(H2,21,23). The molecule has 2 aromatic carbocycles. The Morgan fingerprint density at radius 1 is 1.14 bits per heavy atom. The van der Waals surface area contributed by atoms with E-state index >= 15 is 0 Å². The molecule has 0 spiro atoms. The third-order valence-corrected chi connectivity index (χ3v) is 6.45. The highest BCUT2D eigenvalue weighted by Crippen LogP contribution is 2.37. The van der Waals surface area contributed by atoms with E-state index in [-0.39, 0.29) is 5.25 Å². The monoisotopic (exact) mass is 414 g/mol. The molecule has 0 saturated carbocycles. The molecule has 0 aliphatic rings. The van der Waals surface area contributed by atoms with Crippen molar-refractivity contribution < 1.29 is 8.94 Å². The number of hydrogen-bond donors (Lipinski definition) is 1. The van der Waals surface area contributed by atoms with Crippen LogP contribution >= 0.6 is 23.5 Å². The van der Waals surface area contributed by atoms with E-state index in [0.29, 0.717) is 17.4 Å². The van der Waals surface area contributed by atoms with Crippen LogP contribution in [0.2, 0.25) is 0 Å². The van der Waals surface area contributed by atoms with E-state index in [0.717, 1.165) is 22.9 Å². The van der Waals surface area contributed by atoms with Crippen molar-refractivity contribution >= 4 is 57.4 Å². The molecule has 8 heteroatoms. The lowest BCUT2D eigenvalue weighted by Gasteiger charge is -2.15. The van der Waals surface area contributed by atoms with Gasteiger partial charge >= 0.3 is 0 Å². The van der Waals surface area contributed by atoms with Crippen LogP contribution in [-0.2, 0) is 6.42 Å². The molecule has 146 valence electrons. The Kier molecular flexibility index (Phi) is 5.16. The number of nitrogens with two attached hydrogens (primary N) is 1. The van der Waals surface area contributed by atoms with Gasteiger partial charge in [0.15, 0.2) is 17.0 Å². The SMILES string of the molecule is CSc1cc(CC(SC)c2ccc3c(N)noc3c2)c2nc(N(C)C)oc2c1. The van der Waals surface area contributed by atoms with Gasteiger partial charge in [0.1, 0.15) is 5.52 Å². The van der Waals surface area contributed by atoms with E-state index in [1.807, 2.05) is 31.1 Å². The van der Waals surface area contributed by atoms with Crippen LogP contribution in [0.15, 0.2) is 44.2 Å². The van der Waals surface area contributed by atoms with Gasteiger partial charge in [-0.25, -0.2) is 0 Å². The number of aromatic nitrogens is 2. The van der Waals surface area contributed by atoms with Crippen LogP contribution in [-0.4, -0.2) is 36.7 Å². The van der Waals surface area contributed by atoms with Crippen molar-refractivity contribution in [1.82, 2.24) is 10.1 Å². The van der Waals surface area contributed by atoms with Crippen molar-refractivity contribution in [1.29, 1.82) is 0 Å². The van der Waals surface area contributed by atoms with Crippen LogP contribution in [0, 0.1) is 0 Å². The molecular weight excluding hydrogens is 392 g/mol. The highest BCUT2D eigenvalue weighted by Gasteiger charge is 2.19. The zero-order chi connectivity index (χ0) is 19.8. The van der Waals surface area contributed by atoms with Crippen LogP contribution in [0.25, 0.3) is 22.1 Å². The maximum atomic E-state index is 5.95. The third kappa shape index (κ3) is 3.42. The number of hydrogen-bond acceptors (Lipinski definition) is 8. The molecule has 1 unspecified atom stereocenters. The Balaban J connectivity index is 1.75. The summed E-state index contributed by atoms with van der Waals surface area (Å²) in [4.78, 5) is 7.77. The van der Waals surface area contributed by atoms with E-state index in [4.69, 9.17) is 19.7 Å². The van der Waals surface area contributed by atoms with Gasteiger partial charge < -0.3 is 19.6 Å². The van der Waals surface area contributed by atoms with E-state index < -0.39 is 0 Å². The summed E-state index contributed by atoms with van der Waals surface area (Å²) >= 11 is 3.50. The fraction of sp³-hybridized carbons (Fsp3) is 0.300. The minimum atomic E-state index is 0.246. The molecule has 2 heterocycles. The molecule has 0 fully saturated rings. The molecule has 0 bridgehead atoms. The zero-order valence-corrected chi connectivity index (χ0v) is 17.9. The largest absolute Gasteiger partial charge is 0.423 e. The molecule has 0 amide bonds. The Labute approximate surface area is 171 Å². The Bertz CT molecular complexity index is 1140. The quantitative estimate of drug-likeness (QED) is 0.442. The van der Waals surface area contributed by atoms with Gasteiger partial charge in [0.2, 0.25) is 0 Å². The second-order valence-corrected chi connectivity index (χ2v) is 8.70. The first kappa shape index (κ1) is 19.0. The number of oxazole rings is 1. The normalized spacial score (nSPS) is 12.7. The third-order valence-electron chi connectivity index (χ3n) is 4.74. The van der Waals surface area contributed by atoms with E-state index in [2.05, 4.69) is 35.9 Å². The molecule has 2 N–H and O–H groups in total. The minimum Gasteiger partial charge on any atom is -0.423 e. The number of nitrogens with zero attached hydrogens (tertiary/aromatic N) is 3. The molecule has 4 rings (SSSR count). The molecule has 0 saturated heterocycles. The van der Waals surface area contributed by atoms with Crippen LogP contribution in [0.4, 0.5) is 11.8 Å². The number of thioether (sulfide) groups is 2. The van der Waals surface area contributed by atoms with E-state index in [1.165, 1.54) is 16.0 Å². The lowest BCUT2D eigenvalue weighted by atomic mass is 10.0. The van der Waals surface area contributed by atoms with Gasteiger partial charge in [-0.2, -0.15) is 16.7 Å². The highest BCUT2D eigenvalue weighted by atomic mass is 32.2. The summed E-state index contributed by atoms with van der Waals surface area (Å²) in [7, 11) is 3.87. The summed E-state index contributed by atoms with van der Waals surface area (Å²) in [6.07, 6.45) is 5.02.